The lowest BCUT2D eigenvalue weighted by Crippen LogP contribution is -2.24. The number of benzene rings is 2. The van der Waals surface area contributed by atoms with Crippen molar-refractivity contribution in [2.24, 2.45) is 0 Å². The molecule has 0 saturated heterocycles. The number of pyridine rings is 1. The van der Waals surface area contributed by atoms with E-state index < -0.39 is 0 Å². The number of ketones is 1. The standard InChI is InChI=1S/C20H17NO3/c1-13(22)12-18(23)19-14(2)16-10-6-7-11-17(16)21(20(19)24)15-8-4-3-5-9-15/h3-12,23H,1-2H3/b18-12+. The van der Waals surface area contributed by atoms with Crippen LogP contribution in [0.5, 0.6) is 0 Å². The van der Waals surface area contributed by atoms with Gasteiger partial charge in [-0.15, -0.1) is 0 Å². The Kier molecular flexibility index (Phi) is 4.04. The van der Waals surface area contributed by atoms with E-state index in [9.17, 15) is 14.7 Å². The van der Waals surface area contributed by atoms with Crippen LogP contribution in [-0.4, -0.2) is 15.5 Å². The number of rotatable bonds is 3. The first-order chi connectivity index (χ1) is 11.5. The summed E-state index contributed by atoms with van der Waals surface area (Å²) in [7, 11) is 0. The molecule has 4 heteroatoms. The molecule has 0 aliphatic heterocycles. The number of para-hydroxylation sites is 2. The highest BCUT2D eigenvalue weighted by Gasteiger charge is 2.18. The van der Waals surface area contributed by atoms with Gasteiger partial charge >= 0.3 is 0 Å². The van der Waals surface area contributed by atoms with Gasteiger partial charge in [0.15, 0.2) is 5.78 Å². The quantitative estimate of drug-likeness (QED) is 0.590. The molecule has 0 radical (unpaired) electrons. The van der Waals surface area contributed by atoms with Gasteiger partial charge in [-0.3, -0.25) is 14.2 Å². The summed E-state index contributed by atoms with van der Waals surface area (Å²) in [4.78, 5) is 24.4. The minimum absolute atomic E-state index is 0.146. The highest BCUT2D eigenvalue weighted by atomic mass is 16.3. The zero-order valence-corrected chi connectivity index (χ0v) is 13.5. The van der Waals surface area contributed by atoms with E-state index in [0.717, 1.165) is 17.0 Å². The molecule has 0 aliphatic carbocycles. The maximum Gasteiger partial charge on any atom is 0.266 e. The van der Waals surface area contributed by atoms with Crippen LogP contribution in [0.4, 0.5) is 0 Å². The molecule has 120 valence electrons. The number of hydrogen-bond donors (Lipinski definition) is 1. The maximum atomic E-state index is 13.1. The van der Waals surface area contributed by atoms with E-state index in [1.165, 1.54) is 6.92 Å². The smallest absolute Gasteiger partial charge is 0.266 e. The van der Waals surface area contributed by atoms with E-state index in [4.69, 9.17) is 0 Å². The van der Waals surface area contributed by atoms with Crippen LogP contribution in [0, 0.1) is 6.92 Å². The Morgan fingerprint density at radius 2 is 1.67 bits per heavy atom. The number of carbonyl (C=O) groups excluding carboxylic acids is 1. The Balaban J connectivity index is 2.48. The fourth-order valence-electron chi connectivity index (χ4n) is 2.90. The molecule has 0 spiro atoms. The Hall–Kier alpha value is -3.14. The molecule has 0 unspecified atom stereocenters. The average Bonchev–Trinajstić information content (AvgIpc) is 2.55. The van der Waals surface area contributed by atoms with Crippen LogP contribution in [0.1, 0.15) is 18.1 Å². The number of hydrogen-bond acceptors (Lipinski definition) is 3. The third-order valence-corrected chi connectivity index (χ3v) is 3.95. The van der Waals surface area contributed by atoms with Gasteiger partial charge < -0.3 is 5.11 Å². The topological polar surface area (TPSA) is 59.3 Å². The number of aliphatic hydroxyl groups is 1. The average molecular weight is 319 g/mol. The predicted molar refractivity (Wildman–Crippen MR) is 95.6 cm³/mol. The van der Waals surface area contributed by atoms with Crippen LogP contribution < -0.4 is 5.56 Å². The third-order valence-electron chi connectivity index (χ3n) is 3.95. The molecule has 1 heterocycles. The first kappa shape index (κ1) is 15.7. The number of aromatic nitrogens is 1. The first-order valence-corrected chi connectivity index (χ1v) is 7.62. The Bertz CT molecular complexity index is 1010. The minimum Gasteiger partial charge on any atom is -0.507 e. The van der Waals surface area contributed by atoms with Crippen molar-refractivity contribution >= 4 is 22.4 Å². The summed E-state index contributed by atoms with van der Waals surface area (Å²) in [6.07, 6.45) is 1.08. The van der Waals surface area contributed by atoms with Gasteiger partial charge in [0, 0.05) is 17.1 Å². The summed E-state index contributed by atoms with van der Waals surface area (Å²) in [5, 5.41) is 11.2. The summed E-state index contributed by atoms with van der Waals surface area (Å²) < 4.78 is 1.56. The van der Waals surface area contributed by atoms with E-state index in [-0.39, 0.29) is 22.7 Å². The molecule has 24 heavy (non-hydrogen) atoms. The molecular formula is C20H17NO3. The van der Waals surface area contributed by atoms with Crippen molar-refractivity contribution in [1.82, 2.24) is 4.57 Å². The molecule has 0 atom stereocenters. The van der Waals surface area contributed by atoms with E-state index in [0.29, 0.717) is 11.3 Å². The van der Waals surface area contributed by atoms with Crippen LogP contribution >= 0.6 is 0 Å². The fraction of sp³-hybridized carbons (Fsp3) is 0.100. The zero-order chi connectivity index (χ0) is 17.3. The molecule has 0 amide bonds. The van der Waals surface area contributed by atoms with E-state index in [1.54, 1.807) is 11.5 Å². The van der Waals surface area contributed by atoms with Gasteiger partial charge in [-0.2, -0.15) is 0 Å². The molecule has 3 aromatic rings. The Labute approximate surface area is 139 Å². The highest BCUT2D eigenvalue weighted by Crippen LogP contribution is 2.24. The van der Waals surface area contributed by atoms with Gasteiger partial charge in [0.25, 0.3) is 5.56 Å². The van der Waals surface area contributed by atoms with Crippen molar-refractivity contribution < 1.29 is 9.90 Å². The molecule has 3 rings (SSSR count). The third kappa shape index (κ3) is 2.63. The first-order valence-electron chi connectivity index (χ1n) is 7.62. The van der Waals surface area contributed by atoms with Gasteiger partial charge in [-0.05, 0) is 37.6 Å². The maximum absolute atomic E-state index is 13.1. The van der Waals surface area contributed by atoms with Crippen molar-refractivity contribution in [1.29, 1.82) is 0 Å². The highest BCUT2D eigenvalue weighted by molar-refractivity contribution is 5.95. The van der Waals surface area contributed by atoms with Crippen molar-refractivity contribution in [3.05, 3.63) is 82.2 Å². The van der Waals surface area contributed by atoms with Gasteiger partial charge in [0.1, 0.15) is 5.76 Å². The lowest BCUT2D eigenvalue weighted by atomic mass is 10.0. The molecule has 0 aliphatic rings. The lowest BCUT2D eigenvalue weighted by molar-refractivity contribution is -0.112. The van der Waals surface area contributed by atoms with Crippen LogP contribution in [0.2, 0.25) is 0 Å². The summed E-state index contributed by atoms with van der Waals surface area (Å²) in [6, 6.07) is 16.7. The van der Waals surface area contributed by atoms with Crippen molar-refractivity contribution in [2.45, 2.75) is 13.8 Å². The van der Waals surface area contributed by atoms with Crippen LogP contribution in [0.25, 0.3) is 22.3 Å². The van der Waals surface area contributed by atoms with E-state index in [2.05, 4.69) is 0 Å². The molecular weight excluding hydrogens is 302 g/mol. The molecule has 1 aromatic heterocycles. The van der Waals surface area contributed by atoms with Crippen LogP contribution in [0.3, 0.4) is 0 Å². The second kappa shape index (κ2) is 6.16. The molecule has 0 bridgehead atoms. The predicted octanol–water partition coefficient (Wildman–Crippen LogP) is 3.79. The summed E-state index contributed by atoms with van der Waals surface area (Å²) in [5.74, 6) is -0.619. The fourth-order valence-corrected chi connectivity index (χ4v) is 2.90. The number of aryl methyl sites for hydroxylation is 1. The minimum atomic E-state index is -0.354. The summed E-state index contributed by atoms with van der Waals surface area (Å²) in [6.45, 7) is 3.11. The van der Waals surface area contributed by atoms with Crippen LogP contribution in [0.15, 0.2) is 65.5 Å². The van der Waals surface area contributed by atoms with Crippen molar-refractivity contribution in [3.8, 4) is 5.69 Å². The monoisotopic (exact) mass is 319 g/mol. The molecule has 1 N–H and O–H groups in total. The van der Waals surface area contributed by atoms with Crippen molar-refractivity contribution in [3.63, 3.8) is 0 Å². The largest absolute Gasteiger partial charge is 0.507 e. The van der Waals surface area contributed by atoms with E-state index >= 15 is 0 Å². The van der Waals surface area contributed by atoms with Crippen LogP contribution in [-0.2, 0) is 4.79 Å². The number of fused-ring (bicyclic) bond motifs is 1. The molecule has 0 saturated carbocycles. The van der Waals surface area contributed by atoms with Gasteiger partial charge in [0.2, 0.25) is 0 Å². The van der Waals surface area contributed by atoms with Gasteiger partial charge in [0.05, 0.1) is 11.1 Å². The second-order valence-electron chi connectivity index (χ2n) is 5.63. The number of carbonyl (C=O) groups is 1. The SMILES string of the molecule is CC(=O)/C=C(/O)c1c(C)c2ccccc2n(-c2ccccc2)c1=O. The van der Waals surface area contributed by atoms with Gasteiger partial charge in [-0.25, -0.2) is 0 Å². The normalized spacial score (nSPS) is 11.7. The number of allylic oxidation sites excluding steroid dienone is 1. The zero-order valence-electron chi connectivity index (χ0n) is 13.5. The summed E-state index contributed by atoms with van der Waals surface area (Å²) in [5.41, 5.74) is 1.90. The van der Waals surface area contributed by atoms with Gasteiger partial charge in [-0.1, -0.05) is 36.4 Å². The lowest BCUT2D eigenvalue weighted by Gasteiger charge is -2.15. The Morgan fingerprint density at radius 3 is 2.33 bits per heavy atom. The number of nitrogens with zero attached hydrogens (tertiary/aromatic N) is 1. The number of aliphatic hydroxyl groups excluding tert-OH is 1. The molecule has 0 fully saturated rings. The molecule has 2 aromatic carbocycles. The summed E-state index contributed by atoms with van der Waals surface area (Å²) >= 11 is 0. The Morgan fingerprint density at radius 1 is 1.04 bits per heavy atom. The second-order valence-corrected chi connectivity index (χ2v) is 5.63. The van der Waals surface area contributed by atoms with Crippen molar-refractivity contribution in [2.75, 3.05) is 0 Å². The van der Waals surface area contributed by atoms with E-state index in [1.807, 2.05) is 54.6 Å². The molecule has 4 nitrogen and oxygen atoms in total.